The summed E-state index contributed by atoms with van der Waals surface area (Å²) in [6.45, 7) is 4.41. The van der Waals surface area contributed by atoms with Crippen LogP contribution in [0, 0.1) is 0 Å². The standard InChI is InChI=1S/C9H18N2O/c1-3-4-5-9(10-2)6-7-11-8-12/h3,8-10H,1,4-7H2,2H3,(H,11,12). The molecule has 0 aromatic carbocycles. The van der Waals surface area contributed by atoms with Crippen molar-refractivity contribution >= 4 is 6.41 Å². The predicted octanol–water partition coefficient (Wildman–Crippen LogP) is 0.677. The molecule has 2 N–H and O–H groups in total. The Morgan fingerprint density at radius 3 is 2.75 bits per heavy atom. The molecule has 3 nitrogen and oxygen atoms in total. The second-order valence-electron chi connectivity index (χ2n) is 2.71. The third-order valence-corrected chi connectivity index (χ3v) is 1.85. The number of hydrogen-bond acceptors (Lipinski definition) is 2. The maximum atomic E-state index is 9.94. The first-order valence-corrected chi connectivity index (χ1v) is 4.30. The lowest BCUT2D eigenvalue weighted by Crippen LogP contribution is -2.29. The smallest absolute Gasteiger partial charge is 0.207 e. The first-order valence-electron chi connectivity index (χ1n) is 4.30. The summed E-state index contributed by atoms with van der Waals surface area (Å²) in [4.78, 5) is 9.94. The molecular weight excluding hydrogens is 152 g/mol. The minimum absolute atomic E-state index is 0.482. The number of hydrogen-bond donors (Lipinski definition) is 2. The third-order valence-electron chi connectivity index (χ3n) is 1.85. The molecule has 1 unspecified atom stereocenters. The van der Waals surface area contributed by atoms with E-state index in [-0.39, 0.29) is 0 Å². The van der Waals surface area contributed by atoms with Gasteiger partial charge in [-0.3, -0.25) is 4.79 Å². The molecule has 0 heterocycles. The van der Waals surface area contributed by atoms with Gasteiger partial charge >= 0.3 is 0 Å². The number of amides is 1. The molecule has 0 saturated carbocycles. The molecule has 12 heavy (non-hydrogen) atoms. The molecule has 0 aromatic rings. The van der Waals surface area contributed by atoms with Crippen LogP contribution in [0.4, 0.5) is 0 Å². The summed E-state index contributed by atoms with van der Waals surface area (Å²) in [5.41, 5.74) is 0. The summed E-state index contributed by atoms with van der Waals surface area (Å²) in [6.07, 6.45) is 5.73. The molecule has 1 atom stereocenters. The molecular formula is C9H18N2O. The Morgan fingerprint density at radius 1 is 1.50 bits per heavy atom. The molecule has 0 aliphatic carbocycles. The largest absolute Gasteiger partial charge is 0.359 e. The highest BCUT2D eigenvalue weighted by atomic mass is 16.1. The van der Waals surface area contributed by atoms with E-state index in [1.165, 1.54) is 0 Å². The first-order chi connectivity index (χ1) is 5.85. The third kappa shape index (κ3) is 5.92. The Bertz CT molecular complexity index is 126. The minimum atomic E-state index is 0.482. The molecule has 0 fully saturated rings. The molecule has 0 bridgehead atoms. The number of carbonyl (C=O) groups is 1. The second kappa shape index (κ2) is 8.27. The number of allylic oxidation sites excluding steroid dienone is 1. The van der Waals surface area contributed by atoms with Crippen LogP contribution in [0.3, 0.4) is 0 Å². The van der Waals surface area contributed by atoms with E-state index in [9.17, 15) is 4.79 Å². The summed E-state index contributed by atoms with van der Waals surface area (Å²) in [5.74, 6) is 0. The van der Waals surface area contributed by atoms with Gasteiger partial charge in [0.05, 0.1) is 0 Å². The summed E-state index contributed by atoms with van der Waals surface area (Å²) in [5, 5.41) is 5.84. The van der Waals surface area contributed by atoms with Crippen LogP contribution in [0.1, 0.15) is 19.3 Å². The summed E-state index contributed by atoms with van der Waals surface area (Å²) in [6, 6.07) is 0.482. The van der Waals surface area contributed by atoms with Gasteiger partial charge in [-0.25, -0.2) is 0 Å². The molecule has 0 spiro atoms. The summed E-state index contributed by atoms with van der Waals surface area (Å²) >= 11 is 0. The monoisotopic (exact) mass is 170 g/mol. The van der Waals surface area contributed by atoms with Crippen LogP contribution in [0.15, 0.2) is 12.7 Å². The Balaban J connectivity index is 3.38. The van der Waals surface area contributed by atoms with Crippen LogP contribution in [-0.4, -0.2) is 26.0 Å². The number of rotatable bonds is 8. The van der Waals surface area contributed by atoms with Crippen LogP contribution in [0.25, 0.3) is 0 Å². The molecule has 0 rings (SSSR count). The van der Waals surface area contributed by atoms with Crippen LogP contribution in [-0.2, 0) is 4.79 Å². The zero-order valence-electron chi connectivity index (χ0n) is 7.68. The van der Waals surface area contributed by atoms with Gasteiger partial charge in [0.2, 0.25) is 6.41 Å². The fourth-order valence-corrected chi connectivity index (χ4v) is 1.07. The Hall–Kier alpha value is -0.830. The predicted molar refractivity (Wildman–Crippen MR) is 51.0 cm³/mol. The lowest BCUT2D eigenvalue weighted by atomic mass is 10.1. The molecule has 1 amide bonds. The van der Waals surface area contributed by atoms with Gasteiger partial charge in [-0.15, -0.1) is 6.58 Å². The van der Waals surface area contributed by atoms with Gasteiger partial charge in [-0.1, -0.05) is 6.08 Å². The van der Waals surface area contributed by atoms with E-state index < -0.39 is 0 Å². The topological polar surface area (TPSA) is 41.1 Å². The van der Waals surface area contributed by atoms with Crippen molar-refractivity contribution in [1.29, 1.82) is 0 Å². The van der Waals surface area contributed by atoms with E-state index in [4.69, 9.17) is 0 Å². The van der Waals surface area contributed by atoms with E-state index in [2.05, 4.69) is 17.2 Å². The van der Waals surface area contributed by atoms with E-state index in [0.717, 1.165) is 32.2 Å². The van der Waals surface area contributed by atoms with E-state index >= 15 is 0 Å². The van der Waals surface area contributed by atoms with Crippen molar-refractivity contribution in [3.63, 3.8) is 0 Å². The average Bonchev–Trinajstić information content (AvgIpc) is 2.11. The van der Waals surface area contributed by atoms with Crippen molar-refractivity contribution in [2.75, 3.05) is 13.6 Å². The highest BCUT2D eigenvalue weighted by molar-refractivity contribution is 5.45. The van der Waals surface area contributed by atoms with Crippen molar-refractivity contribution in [1.82, 2.24) is 10.6 Å². The van der Waals surface area contributed by atoms with Gasteiger partial charge in [0, 0.05) is 12.6 Å². The average molecular weight is 170 g/mol. The molecule has 3 heteroatoms. The zero-order chi connectivity index (χ0) is 9.23. The van der Waals surface area contributed by atoms with Crippen molar-refractivity contribution < 1.29 is 4.79 Å². The fraction of sp³-hybridized carbons (Fsp3) is 0.667. The van der Waals surface area contributed by atoms with Crippen molar-refractivity contribution in [3.8, 4) is 0 Å². The van der Waals surface area contributed by atoms with E-state index in [1.54, 1.807) is 0 Å². The fourth-order valence-electron chi connectivity index (χ4n) is 1.07. The van der Waals surface area contributed by atoms with Crippen molar-refractivity contribution in [2.24, 2.45) is 0 Å². The van der Waals surface area contributed by atoms with Gasteiger partial charge in [-0.05, 0) is 26.3 Å². The van der Waals surface area contributed by atoms with Crippen molar-refractivity contribution in [2.45, 2.75) is 25.3 Å². The van der Waals surface area contributed by atoms with Gasteiger partial charge in [0.1, 0.15) is 0 Å². The maximum absolute atomic E-state index is 9.94. The Kier molecular flexibility index (Phi) is 7.70. The number of carbonyl (C=O) groups excluding carboxylic acids is 1. The SMILES string of the molecule is C=CCCC(CCNC=O)NC. The number of nitrogens with one attached hydrogen (secondary N) is 2. The molecule has 0 aliphatic heterocycles. The Morgan fingerprint density at radius 2 is 2.25 bits per heavy atom. The van der Waals surface area contributed by atoms with E-state index in [0.29, 0.717) is 6.04 Å². The maximum Gasteiger partial charge on any atom is 0.207 e. The lowest BCUT2D eigenvalue weighted by molar-refractivity contribution is -0.109. The minimum Gasteiger partial charge on any atom is -0.359 e. The molecule has 0 aromatic heterocycles. The Labute approximate surface area is 74.2 Å². The lowest BCUT2D eigenvalue weighted by Gasteiger charge is -2.14. The van der Waals surface area contributed by atoms with Gasteiger partial charge in [-0.2, -0.15) is 0 Å². The highest BCUT2D eigenvalue weighted by Gasteiger charge is 2.02. The molecule has 70 valence electrons. The molecule has 0 aliphatic rings. The summed E-state index contributed by atoms with van der Waals surface area (Å²) in [7, 11) is 1.94. The molecule has 0 saturated heterocycles. The van der Waals surface area contributed by atoms with Crippen LogP contribution in [0.5, 0.6) is 0 Å². The second-order valence-corrected chi connectivity index (χ2v) is 2.71. The van der Waals surface area contributed by atoms with Crippen LogP contribution in [0.2, 0.25) is 0 Å². The van der Waals surface area contributed by atoms with Crippen molar-refractivity contribution in [3.05, 3.63) is 12.7 Å². The highest BCUT2D eigenvalue weighted by Crippen LogP contribution is 2.00. The zero-order valence-corrected chi connectivity index (χ0v) is 7.68. The van der Waals surface area contributed by atoms with Gasteiger partial charge in [0.25, 0.3) is 0 Å². The summed E-state index contributed by atoms with van der Waals surface area (Å²) < 4.78 is 0. The van der Waals surface area contributed by atoms with Gasteiger partial charge < -0.3 is 10.6 Å². The van der Waals surface area contributed by atoms with Gasteiger partial charge in [0.15, 0.2) is 0 Å². The van der Waals surface area contributed by atoms with Crippen LogP contribution >= 0.6 is 0 Å². The quantitative estimate of drug-likeness (QED) is 0.319. The normalized spacial score (nSPS) is 12.1. The van der Waals surface area contributed by atoms with Crippen LogP contribution < -0.4 is 10.6 Å². The van der Waals surface area contributed by atoms with E-state index in [1.807, 2.05) is 13.1 Å². The first kappa shape index (κ1) is 11.2. The molecule has 0 radical (unpaired) electrons.